The number of nitrogens with zero attached hydrogens (tertiary/aromatic N) is 2. The van der Waals surface area contributed by atoms with Gasteiger partial charge in [-0.25, -0.2) is 0 Å². The van der Waals surface area contributed by atoms with Crippen molar-refractivity contribution < 1.29 is 19.2 Å². The van der Waals surface area contributed by atoms with Crippen molar-refractivity contribution in [2.75, 3.05) is 13.1 Å². The van der Waals surface area contributed by atoms with Crippen molar-refractivity contribution in [3.05, 3.63) is 11.1 Å². The van der Waals surface area contributed by atoms with Crippen LogP contribution in [0.3, 0.4) is 0 Å². The summed E-state index contributed by atoms with van der Waals surface area (Å²) in [6.45, 7) is 0.683. The van der Waals surface area contributed by atoms with Crippen LogP contribution in [0.25, 0.3) is 0 Å². The molecule has 2 aliphatic rings. The molecule has 0 aromatic heterocycles. The van der Waals surface area contributed by atoms with Crippen molar-refractivity contribution in [1.82, 2.24) is 9.80 Å². The topological polar surface area (TPSA) is 153 Å². The van der Waals surface area contributed by atoms with Crippen LogP contribution in [0.4, 0.5) is 0 Å². The van der Waals surface area contributed by atoms with E-state index in [1.165, 1.54) is 15.2 Å². The van der Waals surface area contributed by atoms with Gasteiger partial charge in [0.05, 0.1) is 0 Å². The second-order valence-corrected chi connectivity index (χ2v) is 6.61. The van der Waals surface area contributed by atoms with Crippen molar-refractivity contribution >= 4 is 36.3 Å². The molecular formula is C15H23N5O4S. The van der Waals surface area contributed by atoms with E-state index in [0.29, 0.717) is 25.8 Å². The summed E-state index contributed by atoms with van der Waals surface area (Å²) in [5, 5.41) is 1.20. The van der Waals surface area contributed by atoms with Gasteiger partial charge in [0, 0.05) is 19.5 Å². The highest BCUT2D eigenvalue weighted by atomic mass is 32.1. The number of rotatable bonds is 6. The molecule has 0 aromatic rings. The number of amides is 4. The molecular weight excluding hydrogens is 346 g/mol. The van der Waals surface area contributed by atoms with Crippen molar-refractivity contribution in [3.63, 3.8) is 0 Å². The minimum absolute atomic E-state index is 0.0453. The predicted octanol–water partition coefficient (Wildman–Crippen LogP) is -1.57. The molecule has 0 aliphatic carbocycles. The Bertz CT molecular complexity index is 637. The van der Waals surface area contributed by atoms with Crippen LogP contribution in [0, 0.1) is 0 Å². The van der Waals surface area contributed by atoms with Crippen LogP contribution in [0.15, 0.2) is 11.1 Å². The summed E-state index contributed by atoms with van der Waals surface area (Å²) in [6, 6.07) is -0.922. The fraction of sp³-hybridized carbons (Fsp3) is 0.600. The van der Waals surface area contributed by atoms with Gasteiger partial charge in [-0.1, -0.05) is 0 Å². The van der Waals surface area contributed by atoms with Gasteiger partial charge in [0.1, 0.15) is 17.3 Å². The smallest absolute Gasteiger partial charge is 0.271 e. The summed E-state index contributed by atoms with van der Waals surface area (Å²) in [5.41, 5.74) is 15.1. The first-order valence-corrected chi connectivity index (χ1v) is 8.56. The van der Waals surface area contributed by atoms with Gasteiger partial charge in [0.15, 0.2) is 0 Å². The Morgan fingerprint density at radius 3 is 2.44 bits per heavy atom. The minimum atomic E-state index is -1.01. The normalized spacial score (nSPS) is 24.8. The zero-order valence-corrected chi connectivity index (χ0v) is 14.7. The number of likely N-dealkylation sites (tertiary alicyclic amines) is 2. The third-order valence-corrected chi connectivity index (χ3v) is 5.19. The summed E-state index contributed by atoms with van der Waals surface area (Å²) >= 11 is 3.89. The van der Waals surface area contributed by atoms with E-state index in [1.807, 2.05) is 0 Å². The Labute approximate surface area is 150 Å². The molecule has 0 saturated carbocycles. The molecule has 0 radical (unpaired) electrons. The van der Waals surface area contributed by atoms with Gasteiger partial charge in [-0.05, 0) is 31.1 Å². The number of carbonyl (C=O) groups is 4. The van der Waals surface area contributed by atoms with Gasteiger partial charge >= 0.3 is 0 Å². The second-order valence-electron chi connectivity index (χ2n) is 6.35. The fourth-order valence-electron chi connectivity index (χ4n) is 3.68. The maximum atomic E-state index is 13.1. The Hall–Kier alpha value is -2.23. The standard InChI is InChI=1S/C15H23N5O4S/c16-9(8-25)13(23)20-6-1-4-15(20)5-7-19(14(15)24)10(12(18)22)2-3-11(17)21/h8,10,25H,1-7,16H2,(H2,17,21)(H2,18,22)/b9-8+/t10-,15?/m0/s1. The lowest BCUT2D eigenvalue weighted by Crippen LogP contribution is -2.56. The first-order valence-electron chi connectivity index (χ1n) is 8.05. The average Bonchev–Trinajstić information content (AvgIpc) is 3.12. The van der Waals surface area contributed by atoms with E-state index in [-0.39, 0.29) is 31.0 Å². The van der Waals surface area contributed by atoms with Gasteiger partial charge in [-0.2, -0.15) is 0 Å². The third kappa shape index (κ3) is 3.44. The molecule has 9 nitrogen and oxygen atoms in total. The number of nitrogens with two attached hydrogens (primary N) is 3. The van der Waals surface area contributed by atoms with Crippen molar-refractivity contribution in [3.8, 4) is 0 Å². The van der Waals surface area contributed by atoms with Crippen LogP contribution in [0.1, 0.15) is 32.1 Å². The summed E-state index contributed by atoms with van der Waals surface area (Å²) in [4.78, 5) is 51.1. The van der Waals surface area contributed by atoms with Gasteiger partial charge in [0.25, 0.3) is 5.91 Å². The highest BCUT2D eigenvalue weighted by Gasteiger charge is 2.56. The summed E-state index contributed by atoms with van der Waals surface area (Å²) in [7, 11) is 0. The molecule has 2 rings (SSSR count). The second kappa shape index (κ2) is 7.34. The monoisotopic (exact) mass is 369 g/mol. The lowest BCUT2D eigenvalue weighted by Gasteiger charge is -2.34. The van der Waals surface area contributed by atoms with E-state index in [0.717, 1.165) is 0 Å². The molecule has 0 aromatic carbocycles. The van der Waals surface area contributed by atoms with Gasteiger partial charge in [-0.15, -0.1) is 12.6 Å². The lowest BCUT2D eigenvalue weighted by atomic mass is 9.93. The van der Waals surface area contributed by atoms with Crippen LogP contribution in [-0.2, 0) is 19.2 Å². The Morgan fingerprint density at radius 1 is 1.20 bits per heavy atom. The molecule has 138 valence electrons. The molecule has 25 heavy (non-hydrogen) atoms. The molecule has 1 unspecified atom stereocenters. The van der Waals surface area contributed by atoms with Gasteiger partial charge in [-0.3, -0.25) is 19.2 Å². The molecule has 0 bridgehead atoms. The maximum absolute atomic E-state index is 13.1. The molecule has 6 N–H and O–H groups in total. The number of thiol groups is 1. The van der Waals surface area contributed by atoms with Crippen molar-refractivity contribution in [1.29, 1.82) is 0 Å². The Balaban J connectivity index is 2.25. The minimum Gasteiger partial charge on any atom is -0.394 e. The third-order valence-electron chi connectivity index (χ3n) is 4.91. The quantitative estimate of drug-likeness (QED) is 0.329. The summed E-state index contributed by atoms with van der Waals surface area (Å²) in [5.74, 6) is -2.05. The largest absolute Gasteiger partial charge is 0.394 e. The molecule has 2 saturated heterocycles. The zero-order valence-electron chi connectivity index (χ0n) is 13.8. The summed E-state index contributed by atoms with van der Waals surface area (Å²) < 4.78 is 0. The number of hydrogen-bond donors (Lipinski definition) is 4. The summed E-state index contributed by atoms with van der Waals surface area (Å²) in [6.07, 6.45) is 1.56. The average molecular weight is 369 g/mol. The van der Waals surface area contributed by atoms with Crippen LogP contribution in [-0.4, -0.2) is 58.1 Å². The van der Waals surface area contributed by atoms with E-state index in [1.54, 1.807) is 0 Å². The first-order chi connectivity index (χ1) is 11.7. The predicted molar refractivity (Wildman–Crippen MR) is 92.7 cm³/mol. The maximum Gasteiger partial charge on any atom is 0.271 e. The van der Waals surface area contributed by atoms with Gasteiger partial charge in [0.2, 0.25) is 17.7 Å². The number of hydrogen-bond acceptors (Lipinski definition) is 6. The van der Waals surface area contributed by atoms with E-state index >= 15 is 0 Å². The van der Waals surface area contributed by atoms with E-state index in [2.05, 4.69) is 12.6 Å². The first kappa shape index (κ1) is 19.1. The molecule has 1 spiro atoms. The van der Waals surface area contributed by atoms with Crippen LogP contribution in [0.5, 0.6) is 0 Å². The highest BCUT2D eigenvalue weighted by molar-refractivity contribution is 7.83. The van der Waals surface area contributed by atoms with Crippen molar-refractivity contribution in [2.45, 2.75) is 43.7 Å². The zero-order chi connectivity index (χ0) is 18.8. The lowest BCUT2D eigenvalue weighted by molar-refractivity contribution is -0.147. The number of primary amides is 2. The van der Waals surface area contributed by atoms with Crippen molar-refractivity contribution in [2.24, 2.45) is 17.2 Å². The molecule has 4 amide bonds. The molecule has 2 fully saturated rings. The Kier molecular flexibility index (Phi) is 5.61. The molecule has 10 heteroatoms. The van der Waals surface area contributed by atoms with E-state index in [9.17, 15) is 19.2 Å². The molecule has 2 heterocycles. The number of carbonyl (C=O) groups excluding carboxylic acids is 4. The SMILES string of the molecule is NC(=O)CC[C@@H](C(N)=O)N1CCC2(CCCN2C(=O)/C(N)=C\S)C1=O. The Morgan fingerprint density at radius 2 is 1.88 bits per heavy atom. The van der Waals surface area contributed by atoms with Crippen LogP contribution < -0.4 is 17.2 Å². The highest BCUT2D eigenvalue weighted by Crippen LogP contribution is 2.40. The fourth-order valence-corrected chi connectivity index (χ4v) is 3.79. The molecule has 2 aliphatic heterocycles. The van der Waals surface area contributed by atoms with E-state index in [4.69, 9.17) is 17.2 Å². The van der Waals surface area contributed by atoms with Gasteiger partial charge < -0.3 is 27.0 Å². The molecule has 2 atom stereocenters. The van der Waals surface area contributed by atoms with Crippen LogP contribution in [0.2, 0.25) is 0 Å². The van der Waals surface area contributed by atoms with Crippen LogP contribution >= 0.6 is 12.6 Å². The van der Waals surface area contributed by atoms with E-state index < -0.39 is 29.3 Å².